The van der Waals surface area contributed by atoms with E-state index in [-0.39, 0.29) is 30.6 Å². The number of hydrogen-bond donors (Lipinski definition) is 1. The van der Waals surface area contributed by atoms with E-state index in [2.05, 4.69) is 10.2 Å². The lowest BCUT2D eigenvalue weighted by Crippen LogP contribution is -2.49. The summed E-state index contributed by atoms with van der Waals surface area (Å²) in [5, 5.41) is 2.96. The summed E-state index contributed by atoms with van der Waals surface area (Å²) in [7, 11) is -2.02. The number of nitrogens with one attached hydrogen (secondary N) is 1. The first-order valence-corrected chi connectivity index (χ1v) is 16.2. The van der Waals surface area contributed by atoms with Gasteiger partial charge in [0.1, 0.15) is 11.5 Å². The van der Waals surface area contributed by atoms with E-state index >= 15 is 0 Å². The quantitative estimate of drug-likeness (QED) is 0.347. The van der Waals surface area contributed by atoms with Crippen LogP contribution in [0, 0.1) is 6.92 Å². The van der Waals surface area contributed by atoms with Crippen molar-refractivity contribution in [3.63, 3.8) is 0 Å². The lowest BCUT2D eigenvalue weighted by molar-refractivity contribution is -0.139. The van der Waals surface area contributed by atoms with Crippen molar-refractivity contribution >= 4 is 22.0 Å². The Morgan fingerprint density at radius 2 is 1.66 bits per heavy atom. The van der Waals surface area contributed by atoms with Gasteiger partial charge in [-0.25, -0.2) is 18.0 Å². The Kier molecular flexibility index (Phi) is 9.68. The van der Waals surface area contributed by atoms with E-state index < -0.39 is 22.0 Å². The highest BCUT2D eigenvalue weighted by molar-refractivity contribution is 7.89. The number of ether oxygens (including phenoxy) is 2. The van der Waals surface area contributed by atoms with Crippen molar-refractivity contribution in [1.82, 2.24) is 19.4 Å². The van der Waals surface area contributed by atoms with Crippen LogP contribution in [0.1, 0.15) is 30.5 Å². The topological polar surface area (TPSA) is 108 Å². The van der Waals surface area contributed by atoms with Crippen LogP contribution in [0.3, 0.4) is 0 Å². The van der Waals surface area contributed by atoms with E-state index in [4.69, 9.17) is 9.47 Å². The average molecular weight is 619 g/mol. The van der Waals surface area contributed by atoms with Crippen LogP contribution in [-0.4, -0.2) is 80.9 Å². The SMILES string of the molecule is CCOC(=O)C1=C(CN2CCCN(S(=O)(=O)c3ccc(C)cc3)CC2)N(C)C(=O)N[C@H]1c1cccc(Oc2ccccc2)c1. The molecule has 1 fully saturated rings. The lowest BCUT2D eigenvalue weighted by atomic mass is 9.94. The predicted molar refractivity (Wildman–Crippen MR) is 167 cm³/mol. The van der Waals surface area contributed by atoms with Crippen LogP contribution in [0.25, 0.3) is 0 Å². The molecule has 10 nitrogen and oxygen atoms in total. The third kappa shape index (κ3) is 6.96. The fourth-order valence-corrected chi connectivity index (χ4v) is 6.92. The molecule has 0 aromatic heterocycles. The molecule has 1 atom stereocenters. The first-order valence-electron chi connectivity index (χ1n) is 14.7. The van der Waals surface area contributed by atoms with Crippen molar-refractivity contribution in [3.05, 3.63) is 101 Å². The number of carbonyl (C=O) groups is 2. The molecular formula is C33H38N4O6S. The van der Waals surface area contributed by atoms with Gasteiger partial charge >= 0.3 is 12.0 Å². The summed E-state index contributed by atoms with van der Waals surface area (Å²) in [6, 6.07) is 22.4. The minimum atomic E-state index is -3.65. The number of para-hydroxylation sites is 1. The van der Waals surface area contributed by atoms with Crippen LogP contribution in [0.5, 0.6) is 11.5 Å². The molecule has 1 saturated heterocycles. The molecule has 2 aliphatic heterocycles. The third-order valence-corrected chi connectivity index (χ3v) is 9.74. The van der Waals surface area contributed by atoms with Gasteiger partial charge in [-0.1, -0.05) is 48.0 Å². The predicted octanol–water partition coefficient (Wildman–Crippen LogP) is 4.70. The van der Waals surface area contributed by atoms with Crippen molar-refractivity contribution in [2.75, 3.05) is 46.4 Å². The Morgan fingerprint density at radius 3 is 2.39 bits per heavy atom. The van der Waals surface area contributed by atoms with Crippen LogP contribution >= 0.6 is 0 Å². The number of rotatable bonds is 9. The van der Waals surface area contributed by atoms with Crippen molar-refractivity contribution in [2.24, 2.45) is 0 Å². The minimum Gasteiger partial charge on any atom is -0.463 e. The number of aryl methyl sites for hydroxylation is 1. The number of urea groups is 1. The molecule has 2 heterocycles. The maximum Gasteiger partial charge on any atom is 0.338 e. The summed E-state index contributed by atoms with van der Waals surface area (Å²) in [6.45, 7) is 5.80. The van der Waals surface area contributed by atoms with Crippen molar-refractivity contribution in [1.29, 1.82) is 0 Å². The molecule has 0 bridgehead atoms. The Labute approximate surface area is 258 Å². The van der Waals surface area contributed by atoms with E-state index in [9.17, 15) is 18.0 Å². The zero-order valence-electron chi connectivity index (χ0n) is 25.2. The molecule has 1 N–H and O–H groups in total. The smallest absolute Gasteiger partial charge is 0.338 e. The number of amides is 2. The molecule has 2 amide bonds. The highest BCUT2D eigenvalue weighted by Crippen LogP contribution is 2.34. The fourth-order valence-electron chi connectivity index (χ4n) is 5.45. The van der Waals surface area contributed by atoms with Gasteiger partial charge in [-0.2, -0.15) is 4.31 Å². The van der Waals surface area contributed by atoms with Crippen molar-refractivity contribution in [3.8, 4) is 11.5 Å². The van der Waals surface area contributed by atoms with E-state index in [1.165, 1.54) is 9.21 Å². The number of esters is 1. The number of benzene rings is 3. The van der Waals surface area contributed by atoms with Gasteiger partial charge in [0.25, 0.3) is 0 Å². The van der Waals surface area contributed by atoms with E-state index in [1.807, 2.05) is 55.5 Å². The average Bonchev–Trinajstić information content (AvgIpc) is 3.26. The monoisotopic (exact) mass is 618 g/mol. The van der Waals surface area contributed by atoms with Crippen LogP contribution in [0.4, 0.5) is 4.79 Å². The van der Waals surface area contributed by atoms with Crippen LogP contribution in [-0.2, 0) is 19.6 Å². The number of nitrogens with zero attached hydrogens (tertiary/aromatic N) is 3. The first-order chi connectivity index (χ1) is 21.2. The molecule has 232 valence electrons. The van der Waals surface area contributed by atoms with Crippen molar-refractivity contribution < 1.29 is 27.5 Å². The van der Waals surface area contributed by atoms with Crippen LogP contribution < -0.4 is 10.1 Å². The molecule has 3 aromatic carbocycles. The molecule has 0 saturated carbocycles. The first kappa shape index (κ1) is 31.2. The van der Waals surface area contributed by atoms with Gasteiger partial charge in [0.05, 0.1) is 23.1 Å². The zero-order valence-corrected chi connectivity index (χ0v) is 26.0. The van der Waals surface area contributed by atoms with Crippen molar-refractivity contribution in [2.45, 2.75) is 31.2 Å². The molecule has 11 heteroatoms. The minimum absolute atomic E-state index is 0.173. The van der Waals surface area contributed by atoms with E-state index in [0.717, 1.165) is 5.56 Å². The summed E-state index contributed by atoms with van der Waals surface area (Å²) >= 11 is 0. The van der Waals surface area contributed by atoms with Gasteiger partial charge in [-0.3, -0.25) is 9.80 Å². The van der Waals surface area contributed by atoms with Crippen LogP contribution in [0.15, 0.2) is 95.0 Å². The van der Waals surface area contributed by atoms with E-state index in [1.54, 1.807) is 44.3 Å². The molecule has 0 unspecified atom stereocenters. The number of sulfonamides is 1. The molecule has 3 aromatic rings. The molecule has 0 aliphatic carbocycles. The molecule has 44 heavy (non-hydrogen) atoms. The second kappa shape index (κ2) is 13.6. The fraction of sp³-hybridized carbons (Fsp3) is 0.333. The van der Waals surface area contributed by atoms with Gasteiger partial charge in [-0.05, 0) is 68.8 Å². The molecule has 5 rings (SSSR count). The van der Waals surface area contributed by atoms with Gasteiger partial charge in [0.15, 0.2) is 0 Å². The Morgan fingerprint density at radius 1 is 0.932 bits per heavy atom. The summed E-state index contributed by atoms with van der Waals surface area (Å²) in [6.07, 6.45) is 0.603. The number of hydrogen-bond acceptors (Lipinski definition) is 7. The molecule has 0 spiro atoms. The molecule has 2 aliphatic rings. The van der Waals surface area contributed by atoms with Gasteiger partial charge < -0.3 is 14.8 Å². The maximum absolute atomic E-state index is 13.5. The third-order valence-electron chi connectivity index (χ3n) is 7.82. The van der Waals surface area contributed by atoms with Gasteiger partial charge in [0.2, 0.25) is 10.0 Å². The Hall–Kier alpha value is -4.19. The second-order valence-electron chi connectivity index (χ2n) is 10.9. The summed E-state index contributed by atoms with van der Waals surface area (Å²) in [5.74, 6) is 0.708. The molecule has 0 radical (unpaired) electrons. The Balaban J connectivity index is 1.42. The van der Waals surface area contributed by atoms with Gasteiger partial charge in [0, 0.05) is 38.9 Å². The molecular weight excluding hydrogens is 580 g/mol. The van der Waals surface area contributed by atoms with Crippen LogP contribution in [0.2, 0.25) is 0 Å². The largest absolute Gasteiger partial charge is 0.463 e. The summed E-state index contributed by atoms with van der Waals surface area (Å²) in [5.41, 5.74) is 2.51. The Bertz CT molecular complexity index is 1630. The number of likely N-dealkylation sites (N-methyl/N-ethyl adjacent to an activating group) is 1. The highest BCUT2D eigenvalue weighted by atomic mass is 32.2. The second-order valence-corrected chi connectivity index (χ2v) is 12.8. The zero-order chi connectivity index (χ0) is 31.3. The number of carbonyl (C=O) groups excluding carboxylic acids is 2. The summed E-state index contributed by atoms with van der Waals surface area (Å²) < 4.78 is 39.8. The van der Waals surface area contributed by atoms with Gasteiger partial charge in [-0.15, -0.1) is 0 Å². The summed E-state index contributed by atoms with van der Waals surface area (Å²) in [4.78, 5) is 30.6. The lowest BCUT2D eigenvalue weighted by Gasteiger charge is -2.36. The normalized spacial score (nSPS) is 18.5. The standard InChI is InChI=1S/C33H38N4O6S/c1-4-42-32(38)30-29(23-36-18-9-19-37(21-20-36)44(40,41)28-16-14-24(2)15-17-28)35(3)33(39)34-31(30)25-10-8-13-27(22-25)43-26-11-6-5-7-12-26/h5-8,10-17,22,31H,4,9,18-21,23H2,1-3H3,(H,34,39)/t31-/m0/s1. The maximum atomic E-state index is 13.5. The van der Waals surface area contributed by atoms with E-state index in [0.29, 0.717) is 54.4 Å². The highest BCUT2D eigenvalue weighted by Gasteiger charge is 2.38.